The van der Waals surface area contributed by atoms with Gasteiger partial charge >= 0.3 is 0 Å². The fourth-order valence-electron chi connectivity index (χ4n) is 2.13. The molecule has 1 aromatic heterocycles. The van der Waals surface area contributed by atoms with Gasteiger partial charge in [-0.15, -0.1) is 11.3 Å². The molecule has 1 aromatic carbocycles. The maximum Gasteiger partial charge on any atom is 0.168 e. The number of Topliss-reactive ketones (excluding diaryl/α,β-unsaturated/α-hetero) is 1. The minimum absolute atomic E-state index is 0.253. The highest BCUT2D eigenvalue weighted by atomic mass is 32.2. The highest BCUT2D eigenvalue weighted by Gasteiger charge is 2.25. The van der Waals surface area contributed by atoms with Crippen molar-refractivity contribution in [2.24, 2.45) is 5.92 Å². The van der Waals surface area contributed by atoms with Crippen molar-refractivity contribution in [3.8, 4) is 0 Å². The van der Waals surface area contributed by atoms with Crippen LogP contribution in [-0.2, 0) is 0 Å². The normalized spacial score (nSPS) is 20.4. The van der Waals surface area contributed by atoms with E-state index in [-0.39, 0.29) is 5.92 Å². The molecule has 2 heterocycles. The van der Waals surface area contributed by atoms with Crippen molar-refractivity contribution >= 4 is 39.0 Å². The average molecular weight is 248 g/mol. The number of fused-ring (bicyclic) bond motifs is 1. The Kier molecular flexibility index (Phi) is 2.74. The fraction of sp³-hybridized carbons (Fsp3) is 0.308. The second-order valence-corrected chi connectivity index (χ2v) is 6.13. The molecule has 0 aliphatic carbocycles. The van der Waals surface area contributed by atoms with Gasteiger partial charge in [0.1, 0.15) is 0 Å². The third kappa shape index (κ3) is 1.68. The van der Waals surface area contributed by atoms with E-state index in [1.165, 1.54) is 4.70 Å². The topological polar surface area (TPSA) is 17.1 Å². The number of thioether (sulfide) groups is 1. The Morgan fingerprint density at radius 3 is 3.00 bits per heavy atom. The summed E-state index contributed by atoms with van der Waals surface area (Å²) in [5.41, 5.74) is 0.938. The van der Waals surface area contributed by atoms with E-state index in [2.05, 4.69) is 12.1 Å². The zero-order valence-electron chi connectivity index (χ0n) is 8.81. The number of hydrogen-bond acceptors (Lipinski definition) is 3. The van der Waals surface area contributed by atoms with Gasteiger partial charge in [-0.25, -0.2) is 0 Å². The third-order valence-electron chi connectivity index (χ3n) is 3.05. The van der Waals surface area contributed by atoms with Gasteiger partial charge in [0.05, 0.1) is 0 Å². The highest BCUT2D eigenvalue weighted by Crippen LogP contribution is 2.32. The van der Waals surface area contributed by atoms with Crippen LogP contribution in [0.5, 0.6) is 0 Å². The Hall–Kier alpha value is -0.800. The molecule has 0 bridgehead atoms. The standard InChI is InChI=1S/C13H12OS2/c14-13(9-5-6-15-7-9)11-8-16-12-4-2-1-3-10(11)12/h1-4,8-9H,5-7H2. The van der Waals surface area contributed by atoms with Crippen LogP contribution < -0.4 is 0 Å². The van der Waals surface area contributed by atoms with Gasteiger partial charge in [-0.1, -0.05) is 18.2 Å². The molecule has 0 saturated carbocycles. The fourth-order valence-corrected chi connectivity index (χ4v) is 4.30. The van der Waals surface area contributed by atoms with Crippen LogP contribution >= 0.6 is 23.1 Å². The number of thiophene rings is 1. The maximum absolute atomic E-state index is 12.3. The molecule has 0 radical (unpaired) electrons. The van der Waals surface area contributed by atoms with Crippen molar-refractivity contribution in [1.29, 1.82) is 0 Å². The van der Waals surface area contributed by atoms with E-state index >= 15 is 0 Å². The van der Waals surface area contributed by atoms with Gasteiger partial charge in [0, 0.05) is 32.7 Å². The van der Waals surface area contributed by atoms with Gasteiger partial charge in [-0.05, 0) is 18.2 Å². The van der Waals surface area contributed by atoms with Crippen LogP contribution in [-0.4, -0.2) is 17.3 Å². The molecular formula is C13H12OS2. The molecule has 3 heteroatoms. The predicted octanol–water partition coefficient (Wildman–Crippen LogP) is 3.84. The molecule has 1 fully saturated rings. The van der Waals surface area contributed by atoms with Crippen molar-refractivity contribution in [1.82, 2.24) is 0 Å². The summed E-state index contributed by atoms with van der Waals surface area (Å²) in [4.78, 5) is 12.3. The van der Waals surface area contributed by atoms with E-state index < -0.39 is 0 Å². The number of ketones is 1. The smallest absolute Gasteiger partial charge is 0.168 e. The minimum Gasteiger partial charge on any atom is -0.294 e. The molecule has 1 unspecified atom stereocenters. The molecule has 1 saturated heterocycles. The Morgan fingerprint density at radius 2 is 2.19 bits per heavy atom. The van der Waals surface area contributed by atoms with Gasteiger partial charge in [-0.2, -0.15) is 11.8 Å². The molecule has 1 aliphatic rings. The summed E-state index contributed by atoms with van der Waals surface area (Å²) in [7, 11) is 0. The monoisotopic (exact) mass is 248 g/mol. The first kappa shape index (κ1) is 10.4. The summed E-state index contributed by atoms with van der Waals surface area (Å²) in [5, 5.41) is 3.16. The molecule has 0 N–H and O–H groups in total. The number of hydrogen-bond donors (Lipinski definition) is 0. The Bertz CT molecular complexity index is 523. The van der Waals surface area contributed by atoms with Crippen molar-refractivity contribution in [3.05, 3.63) is 35.2 Å². The van der Waals surface area contributed by atoms with E-state index in [1.807, 2.05) is 29.3 Å². The maximum atomic E-state index is 12.3. The molecule has 3 rings (SSSR count). The predicted molar refractivity (Wildman–Crippen MR) is 71.6 cm³/mol. The molecule has 1 atom stereocenters. The molecule has 1 aliphatic heterocycles. The van der Waals surface area contributed by atoms with Gasteiger partial charge < -0.3 is 0 Å². The lowest BCUT2D eigenvalue weighted by atomic mass is 9.97. The Morgan fingerprint density at radius 1 is 1.31 bits per heavy atom. The first-order chi connectivity index (χ1) is 7.86. The van der Waals surface area contributed by atoms with E-state index in [4.69, 9.17) is 0 Å². The Labute approximate surface area is 103 Å². The zero-order chi connectivity index (χ0) is 11.0. The summed E-state index contributed by atoms with van der Waals surface area (Å²) in [6, 6.07) is 8.18. The second kappa shape index (κ2) is 4.22. The minimum atomic E-state index is 0.253. The van der Waals surface area contributed by atoms with Crippen molar-refractivity contribution in [3.63, 3.8) is 0 Å². The van der Waals surface area contributed by atoms with E-state index in [0.29, 0.717) is 5.78 Å². The summed E-state index contributed by atoms with van der Waals surface area (Å²) < 4.78 is 1.22. The first-order valence-electron chi connectivity index (χ1n) is 5.44. The van der Waals surface area contributed by atoms with E-state index in [1.54, 1.807) is 11.3 Å². The number of carbonyl (C=O) groups excluding carboxylic acids is 1. The van der Waals surface area contributed by atoms with Crippen LogP contribution in [0.25, 0.3) is 10.1 Å². The summed E-state index contributed by atoms with van der Waals surface area (Å²) in [6.45, 7) is 0. The lowest BCUT2D eigenvalue weighted by Gasteiger charge is -2.05. The summed E-state index contributed by atoms with van der Waals surface area (Å²) in [6.07, 6.45) is 1.05. The summed E-state index contributed by atoms with van der Waals surface area (Å²) in [5.74, 6) is 2.74. The molecular weight excluding hydrogens is 236 g/mol. The molecule has 0 spiro atoms. The first-order valence-corrected chi connectivity index (χ1v) is 7.48. The van der Waals surface area contributed by atoms with Gasteiger partial charge in [-0.3, -0.25) is 4.79 Å². The lowest BCUT2D eigenvalue weighted by molar-refractivity contribution is 0.0936. The molecule has 16 heavy (non-hydrogen) atoms. The van der Waals surface area contributed by atoms with E-state index in [0.717, 1.165) is 28.9 Å². The quantitative estimate of drug-likeness (QED) is 0.751. The largest absolute Gasteiger partial charge is 0.294 e. The van der Waals surface area contributed by atoms with Crippen LogP contribution in [0, 0.1) is 5.92 Å². The van der Waals surface area contributed by atoms with Gasteiger partial charge in [0.15, 0.2) is 5.78 Å². The van der Waals surface area contributed by atoms with Crippen molar-refractivity contribution in [2.45, 2.75) is 6.42 Å². The molecule has 0 amide bonds. The Balaban J connectivity index is 2.02. The van der Waals surface area contributed by atoms with E-state index in [9.17, 15) is 4.79 Å². The number of carbonyl (C=O) groups is 1. The van der Waals surface area contributed by atoms with Crippen molar-refractivity contribution < 1.29 is 4.79 Å². The van der Waals surface area contributed by atoms with Crippen LogP contribution in [0.15, 0.2) is 29.6 Å². The van der Waals surface area contributed by atoms with Crippen molar-refractivity contribution in [2.75, 3.05) is 11.5 Å². The van der Waals surface area contributed by atoms with Crippen LogP contribution in [0.2, 0.25) is 0 Å². The highest BCUT2D eigenvalue weighted by molar-refractivity contribution is 7.99. The van der Waals surface area contributed by atoms with Gasteiger partial charge in [0.25, 0.3) is 0 Å². The van der Waals surface area contributed by atoms with Crippen LogP contribution in [0.1, 0.15) is 16.8 Å². The van der Waals surface area contributed by atoms with Gasteiger partial charge in [0.2, 0.25) is 0 Å². The average Bonchev–Trinajstić information content (AvgIpc) is 2.98. The number of rotatable bonds is 2. The second-order valence-electron chi connectivity index (χ2n) is 4.07. The molecule has 82 valence electrons. The summed E-state index contributed by atoms with van der Waals surface area (Å²) >= 11 is 3.57. The number of benzene rings is 1. The zero-order valence-corrected chi connectivity index (χ0v) is 10.4. The molecule has 2 aromatic rings. The SMILES string of the molecule is O=C(c1csc2ccccc12)C1CCSC1. The van der Waals surface area contributed by atoms with Crippen LogP contribution in [0.3, 0.4) is 0 Å². The lowest BCUT2D eigenvalue weighted by Crippen LogP contribution is -2.13. The molecule has 1 nitrogen and oxygen atoms in total. The third-order valence-corrected chi connectivity index (χ3v) is 5.17. The van der Waals surface area contributed by atoms with Crippen LogP contribution in [0.4, 0.5) is 0 Å².